The minimum absolute atomic E-state index is 0.341. The number of aliphatic hydroxyl groups excluding tert-OH is 1. The Morgan fingerprint density at radius 2 is 1.18 bits per heavy atom. The maximum atomic E-state index is 12.7. The number of rotatable bonds is 3. The van der Waals surface area contributed by atoms with Crippen LogP contribution in [-0.4, -0.2) is 10.1 Å². The first-order valence-corrected chi connectivity index (χ1v) is 8.04. The lowest BCUT2D eigenvalue weighted by molar-refractivity contribution is -0.138. The predicted octanol–water partition coefficient (Wildman–Crippen LogP) is 5.95. The molecule has 146 valence electrons. The highest BCUT2D eigenvalue weighted by molar-refractivity contribution is 5.71. The van der Waals surface area contributed by atoms with Gasteiger partial charge >= 0.3 is 12.4 Å². The molecular formula is C20H13F6NO. The van der Waals surface area contributed by atoms with Gasteiger partial charge < -0.3 is 5.11 Å². The molecule has 0 unspecified atom stereocenters. The molecule has 2 aromatic carbocycles. The highest BCUT2D eigenvalue weighted by Gasteiger charge is 2.30. The number of nitrogens with zero attached hydrogens (tertiary/aromatic N) is 1. The lowest BCUT2D eigenvalue weighted by Gasteiger charge is -2.12. The molecule has 0 amide bonds. The molecule has 8 heteroatoms. The SMILES string of the molecule is OCc1cc(-c2ccc(C(F)(F)F)cc2)ncc1-c1ccc(C(F)(F)F)cc1. The molecule has 1 aromatic heterocycles. The summed E-state index contributed by atoms with van der Waals surface area (Å²) in [7, 11) is 0. The van der Waals surface area contributed by atoms with Crippen molar-refractivity contribution in [2.45, 2.75) is 19.0 Å². The Balaban J connectivity index is 1.94. The average molecular weight is 397 g/mol. The molecule has 0 saturated carbocycles. The molecule has 0 fully saturated rings. The van der Waals surface area contributed by atoms with Crippen LogP contribution < -0.4 is 0 Å². The van der Waals surface area contributed by atoms with Gasteiger partial charge in [0.05, 0.1) is 23.4 Å². The van der Waals surface area contributed by atoms with Crippen LogP contribution in [0.3, 0.4) is 0 Å². The fourth-order valence-electron chi connectivity index (χ4n) is 2.71. The number of alkyl halides is 6. The van der Waals surface area contributed by atoms with Crippen molar-refractivity contribution in [2.75, 3.05) is 0 Å². The normalized spacial score (nSPS) is 12.2. The summed E-state index contributed by atoms with van der Waals surface area (Å²) in [5, 5.41) is 9.63. The third-order valence-corrected chi connectivity index (χ3v) is 4.19. The smallest absolute Gasteiger partial charge is 0.392 e. The first-order valence-electron chi connectivity index (χ1n) is 8.04. The van der Waals surface area contributed by atoms with Crippen LogP contribution in [0.4, 0.5) is 26.3 Å². The molecule has 0 bridgehead atoms. The zero-order chi connectivity index (χ0) is 20.5. The maximum Gasteiger partial charge on any atom is 0.416 e. The van der Waals surface area contributed by atoms with Crippen LogP contribution >= 0.6 is 0 Å². The summed E-state index contributed by atoms with van der Waals surface area (Å²) < 4.78 is 76.1. The Hall–Kier alpha value is -2.87. The minimum atomic E-state index is -4.46. The Bertz CT molecular complexity index is 960. The number of pyridine rings is 1. The van der Waals surface area contributed by atoms with Crippen LogP contribution in [0.15, 0.2) is 60.8 Å². The molecular weight excluding hydrogens is 384 g/mol. The van der Waals surface area contributed by atoms with Gasteiger partial charge in [-0.3, -0.25) is 4.98 Å². The standard InChI is InChI=1S/C20H13F6NO/c21-19(22,23)15-5-1-12(2-6-15)17-10-27-18(9-14(17)11-28)13-3-7-16(8-4-13)20(24,25)26/h1-10,28H,11H2. The van der Waals surface area contributed by atoms with E-state index in [0.29, 0.717) is 27.9 Å². The number of aliphatic hydroxyl groups is 1. The van der Waals surface area contributed by atoms with E-state index in [1.54, 1.807) is 0 Å². The van der Waals surface area contributed by atoms with Gasteiger partial charge in [0.1, 0.15) is 0 Å². The molecule has 2 nitrogen and oxygen atoms in total. The van der Waals surface area contributed by atoms with Crippen molar-refractivity contribution in [1.29, 1.82) is 0 Å². The molecule has 1 N–H and O–H groups in total. The Morgan fingerprint density at radius 3 is 1.61 bits per heavy atom. The largest absolute Gasteiger partial charge is 0.416 e. The van der Waals surface area contributed by atoms with E-state index in [-0.39, 0.29) is 0 Å². The van der Waals surface area contributed by atoms with Gasteiger partial charge in [-0.2, -0.15) is 26.3 Å². The zero-order valence-corrected chi connectivity index (χ0v) is 14.1. The maximum absolute atomic E-state index is 12.7. The van der Waals surface area contributed by atoms with Gasteiger partial charge in [-0.05, 0) is 41.5 Å². The van der Waals surface area contributed by atoms with Crippen molar-refractivity contribution in [2.24, 2.45) is 0 Å². The second-order valence-electron chi connectivity index (χ2n) is 6.04. The molecule has 3 aromatic rings. The van der Waals surface area contributed by atoms with E-state index < -0.39 is 30.1 Å². The van der Waals surface area contributed by atoms with Gasteiger partial charge in [0.15, 0.2) is 0 Å². The van der Waals surface area contributed by atoms with Crippen molar-refractivity contribution in [3.63, 3.8) is 0 Å². The number of hydrogen-bond donors (Lipinski definition) is 1. The van der Waals surface area contributed by atoms with E-state index in [0.717, 1.165) is 24.3 Å². The van der Waals surface area contributed by atoms with E-state index in [4.69, 9.17) is 0 Å². The van der Waals surface area contributed by atoms with Crippen LogP contribution in [0.5, 0.6) is 0 Å². The number of benzene rings is 2. The molecule has 1 heterocycles. The highest BCUT2D eigenvalue weighted by Crippen LogP contribution is 2.34. The number of hydrogen-bond acceptors (Lipinski definition) is 2. The van der Waals surface area contributed by atoms with E-state index in [1.807, 2.05) is 0 Å². The lowest BCUT2D eigenvalue weighted by Crippen LogP contribution is -2.04. The molecule has 0 saturated heterocycles. The molecule has 3 rings (SSSR count). The van der Waals surface area contributed by atoms with Crippen LogP contribution in [0.1, 0.15) is 16.7 Å². The summed E-state index contributed by atoms with van der Waals surface area (Å²) in [6.45, 7) is -0.410. The van der Waals surface area contributed by atoms with E-state index in [1.165, 1.54) is 36.5 Å². The molecule has 0 aliphatic heterocycles. The Labute approximate surface area is 156 Å². The first kappa shape index (κ1) is 19.9. The predicted molar refractivity (Wildman–Crippen MR) is 91.0 cm³/mol. The monoisotopic (exact) mass is 397 g/mol. The number of halogens is 6. The van der Waals surface area contributed by atoms with E-state index in [9.17, 15) is 31.4 Å². The summed E-state index contributed by atoms with van der Waals surface area (Å²) in [5.41, 5.74) is 0.436. The fourth-order valence-corrected chi connectivity index (χ4v) is 2.71. The molecule has 0 spiro atoms. The van der Waals surface area contributed by atoms with Crippen molar-refractivity contribution in [3.8, 4) is 22.4 Å². The molecule has 28 heavy (non-hydrogen) atoms. The summed E-state index contributed by atoms with van der Waals surface area (Å²) in [6.07, 6.45) is -7.53. The van der Waals surface area contributed by atoms with Crippen LogP contribution in [0, 0.1) is 0 Å². The average Bonchev–Trinajstić information content (AvgIpc) is 2.66. The van der Waals surface area contributed by atoms with Crippen molar-refractivity contribution in [1.82, 2.24) is 4.98 Å². The third kappa shape index (κ3) is 4.17. The summed E-state index contributed by atoms with van der Waals surface area (Å²) in [6, 6.07) is 10.3. The Morgan fingerprint density at radius 1 is 0.714 bits per heavy atom. The van der Waals surface area contributed by atoms with Crippen LogP contribution in [-0.2, 0) is 19.0 Å². The summed E-state index contributed by atoms with van der Waals surface area (Å²) in [5.74, 6) is 0. The highest BCUT2D eigenvalue weighted by atomic mass is 19.4. The van der Waals surface area contributed by atoms with Gasteiger partial charge in [-0.25, -0.2) is 0 Å². The zero-order valence-electron chi connectivity index (χ0n) is 14.1. The topological polar surface area (TPSA) is 33.1 Å². The van der Waals surface area contributed by atoms with Crippen molar-refractivity contribution >= 4 is 0 Å². The van der Waals surface area contributed by atoms with Gasteiger partial charge in [0, 0.05) is 17.3 Å². The van der Waals surface area contributed by atoms with Gasteiger partial charge in [-0.1, -0.05) is 24.3 Å². The van der Waals surface area contributed by atoms with Crippen LogP contribution in [0.2, 0.25) is 0 Å². The van der Waals surface area contributed by atoms with Gasteiger partial charge in [0.25, 0.3) is 0 Å². The molecule has 0 aliphatic rings. The summed E-state index contributed by atoms with van der Waals surface area (Å²) >= 11 is 0. The third-order valence-electron chi connectivity index (χ3n) is 4.19. The second kappa shape index (κ2) is 7.27. The molecule has 0 atom stereocenters. The minimum Gasteiger partial charge on any atom is -0.392 e. The van der Waals surface area contributed by atoms with Crippen molar-refractivity contribution in [3.05, 3.63) is 77.5 Å². The van der Waals surface area contributed by atoms with Crippen LogP contribution in [0.25, 0.3) is 22.4 Å². The summed E-state index contributed by atoms with van der Waals surface area (Å²) in [4.78, 5) is 4.18. The Kier molecular flexibility index (Phi) is 5.16. The second-order valence-corrected chi connectivity index (χ2v) is 6.04. The molecule has 0 aliphatic carbocycles. The van der Waals surface area contributed by atoms with Gasteiger partial charge in [0.2, 0.25) is 0 Å². The van der Waals surface area contributed by atoms with E-state index in [2.05, 4.69) is 4.98 Å². The van der Waals surface area contributed by atoms with E-state index >= 15 is 0 Å². The lowest BCUT2D eigenvalue weighted by atomic mass is 9.98. The quantitative estimate of drug-likeness (QED) is 0.555. The molecule has 0 radical (unpaired) electrons. The van der Waals surface area contributed by atoms with Crippen molar-refractivity contribution < 1.29 is 31.4 Å². The first-order chi connectivity index (χ1) is 13.1. The fraction of sp³-hybridized carbons (Fsp3) is 0.150. The van der Waals surface area contributed by atoms with Gasteiger partial charge in [-0.15, -0.1) is 0 Å². The number of aromatic nitrogens is 1.